The molecule has 0 bridgehead atoms. The number of hydrogen-bond donors (Lipinski definition) is 0. The van der Waals surface area contributed by atoms with Crippen LogP contribution in [-0.4, -0.2) is 13.9 Å². The Kier molecular flexibility index (Phi) is 3.08. The van der Waals surface area contributed by atoms with Crippen molar-refractivity contribution in [2.45, 2.75) is 37.9 Å². The molecule has 1 saturated carbocycles. The maximum atomic E-state index is 12.3. The zero-order chi connectivity index (χ0) is 12.5. The molecule has 1 aromatic carbocycles. The van der Waals surface area contributed by atoms with Gasteiger partial charge >= 0.3 is 0 Å². The fourth-order valence-corrected chi connectivity index (χ4v) is 2.70. The molecule has 0 atom stereocenters. The van der Waals surface area contributed by atoms with E-state index < -0.39 is 8.07 Å². The zero-order valence-corrected chi connectivity index (χ0v) is 11.9. The monoisotopic (exact) mass is 244 g/mol. The van der Waals surface area contributed by atoms with Crippen LogP contribution >= 0.6 is 0 Å². The second-order valence-corrected chi connectivity index (χ2v) is 11.1. The first kappa shape index (κ1) is 12.3. The molecule has 90 valence electrons. The summed E-state index contributed by atoms with van der Waals surface area (Å²) in [6, 6.07) is 10.2. The van der Waals surface area contributed by atoms with Crippen molar-refractivity contribution in [2.24, 2.45) is 0 Å². The lowest BCUT2D eigenvalue weighted by Gasteiger charge is -2.13. The predicted molar refractivity (Wildman–Crippen MR) is 74.8 cm³/mol. The molecular weight excluding hydrogens is 224 g/mol. The second kappa shape index (κ2) is 4.26. The van der Waals surface area contributed by atoms with E-state index in [1.807, 2.05) is 24.3 Å². The number of carbonyl (C=O) groups is 1. The first-order valence-electron chi connectivity index (χ1n) is 6.23. The highest BCUT2D eigenvalue weighted by Crippen LogP contribution is 2.49. The van der Waals surface area contributed by atoms with Crippen LogP contribution in [0.5, 0.6) is 0 Å². The average molecular weight is 244 g/mol. The van der Waals surface area contributed by atoms with Crippen LogP contribution in [0, 0.1) is 0 Å². The Morgan fingerprint density at radius 3 is 2.24 bits per heavy atom. The maximum Gasteiger partial charge on any atom is 0.165 e. The summed E-state index contributed by atoms with van der Waals surface area (Å²) < 4.78 is 0. The van der Waals surface area contributed by atoms with Crippen LogP contribution in [-0.2, 0) is 10.2 Å². The summed E-state index contributed by atoms with van der Waals surface area (Å²) in [6.07, 6.45) is 3.85. The fraction of sp³-hybridized carbons (Fsp3) is 0.400. The van der Waals surface area contributed by atoms with Crippen LogP contribution in [0.3, 0.4) is 0 Å². The second-order valence-electron chi connectivity index (χ2n) is 6.01. The summed E-state index contributed by atoms with van der Waals surface area (Å²) in [4.78, 5) is 12.3. The van der Waals surface area contributed by atoms with E-state index in [1.165, 1.54) is 5.56 Å². The largest absolute Gasteiger partial charge is 0.294 e. The van der Waals surface area contributed by atoms with Gasteiger partial charge in [0.15, 0.2) is 5.78 Å². The minimum atomic E-state index is -1.27. The molecule has 1 aliphatic rings. The van der Waals surface area contributed by atoms with Gasteiger partial charge in [-0.15, -0.1) is 0 Å². The third kappa shape index (κ3) is 2.75. The Balaban J connectivity index is 2.18. The van der Waals surface area contributed by atoms with E-state index in [4.69, 9.17) is 0 Å². The molecule has 0 amide bonds. The predicted octanol–water partition coefficient (Wildman–Crippen LogP) is 3.72. The topological polar surface area (TPSA) is 17.1 Å². The molecule has 17 heavy (non-hydrogen) atoms. The van der Waals surface area contributed by atoms with Crippen LogP contribution in [0.1, 0.15) is 18.4 Å². The first-order chi connectivity index (χ1) is 7.94. The van der Waals surface area contributed by atoms with E-state index in [0.717, 1.165) is 12.8 Å². The first-order valence-corrected chi connectivity index (χ1v) is 9.81. The maximum absolute atomic E-state index is 12.3. The molecule has 0 heterocycles. The average Bonchev–Trinajstić information content (AvgIpc) is 3.07. The summed E-state index contributed by atoms with van der Waals surface area (Å²) in [5.74, 6) is 0.297. The molecule has 1 aromatic rings. The van der Waals surface area contributed by atoms with Crippen molar-refractivity contribution < 1.29 is 4.79 Å². The lowest BCUT2D eigenvalue weighted by atomic mass is 9.91. The lowest BCUT2D eigenvalue weighted by molar-refractivity contribution is -0.116. The van der Waals surface area contributed by atoms with Crippen LogP contribution in [0.15, 0.2) is 42.1 Å². The number of carbonyl (C=O) groups excluding carboxylic acids is 1. The van der Waals surface area contributed by atoms with Gasteiger partial charge in [0.05, 0.1) is 13.5 Å². The molecule has 1 fully saturated rings. The highest BCUT2D eigenvalue weighted by Gasteiger charge is 2.49. The summed E-state index contributed by atoms with van der Waals surface area (Å²) in [7, 11) is -1.27. The smallest absolute Gasteiger partial charge is 0.165 e. The van der Waals surface area contributed by atoms with Gasteiger partial charge in [0.1, 0.15) is 0 Å². The Morgan fingerprint density at radius 2 is 1.76 bits per heavy atom. The van der Waals surface area contributed by atoms with Crippen molar-refractivity contribution in [3.05, 3.63) is 47.7 Å². The van der Waals surface area contributed by atoms with Gasteiger partial charge in [-0.05, 0) is 24.5 Å². The molecule has 2 rings (SSSR count). The number of allylic oxidation sites excluding steroid dienone is 1. The molecule has 0 N–H and O–H groups in total. The number of hydrogen-bond acceptors (Lipinski definition) is 1. The Bertz CT molecular complexity index is 436. The highest BCUT2D eigenvalue weighted by molar-refractivity contribution is 6.81. The molecule has 0 saturated heterocycles. The Labute approximate surface area is 105 Å². The van der Waals surface area contributed by atoms with Crippen LogP contribution < -0.4 is 0 Å². The Hall–Kier alpha value is -1.15. The molecule has 0 spiro atoms. The van der Waals surface area contributed by atoms with Gasteiger partial charge in [-0.2, -0.15) is 0 Å². The third-order valence-corrected chi connectivity index (χ3v) is 4.45. The van der Waals surface area contributed by atoms with Gasteiger partial charge < -0.3 is 0 Å². The van der Waals surface area contributed by atoms with E-state index in [0.29, 0.717) is 5.78 Å². The van der Waals surface area contributed by atoms with Crippen molar-refractivity contribution in [3.63, 3.8) is 0 Å². The van der Waals surface area contributed by atoms with Gasteiger partial charge in [-0.25, -0.2) is 0 Å². The highest BCUT2D eigenvalue weighted by atomic mass is 28.3. The summed E-state index contributed by atoms with van der Waals surface area (Å²) in [6.45, 7) is 6.75. The molecule has 0 radical (unpaired) electrons. The van der Waals surface area contributed by atoms with E-state index in [2.05, 4.69) is 37.5 Å². The van der Waals surface area contributed by atoms with E-state index >= 15 is 0 Å². The molecule has 0 aliphatic heterocycles. The van der Waals surface area contributed by atoms with Gasteiger partial charge in [-0.3, -0.25) is 4.79 Å². The molecule has 2 heteroatoms. The fourth-order valence-electron chi connectivity index (χ4n) is 2.04. The number of ketones is 1. The molecule has 0 aromatic heterocycles. The van der Waals surface area contributed by atoms with Crippen molar-refractivity contribution in [3.8, 4) is 0 Å². The Morgan fingerprint density at radius 1 is 1.18 bits per heavy atom. The van der Waals surface area contributed by atoms with Crippen LogP contribution in [0.25, 0.3) is 0 Å². The summed E-state index contributed by atoms with van der Waals surface area (Å²) >= 11 is 0. The normalized spacial score (nSPS) is 18.3. The van der Waals surface area contributed by atoms with Crippen LogP contribution in [0.4, 0.5) is 0 Å². The summed E-state index contributed by atoms with van der Waals surface area (Å²) in [5.41, 5.74) is 3.15. The minimum absolute atomic E-state index is 0.183. The number of rotatable bonds is 4. The quantitative estimate of drug-likeness (QED) is 0.583. The van der Waals surface area contributed by atoms with Gasteiger partial charge in [0, 0.05) is 0 Å². The molecule has 1 nitrogen and oxygen atoms in total. The van der Waals surface area contributed by atoms with E-state index in [-0.39, 0.29) is 5.41 Å². The van der Waals surface area contributed by atoms with Crippen LogP contribution in [0.2, 0.25) is 19.6 Å². The van der Waals surface area contributed by atoms with Crippen molar-refractivity contribution in [2.75, 3.05) is 0 Å². The SMILES string of the molecule is C[Si](C)(C)/C=C/C(=O)C1(c2ccccc2)CC1. The van der Waals surface area contributed by atoms with Gasteiger partial charge in [0.25, 0.3) is 0 Å². The standard InChI is InChI=1S/C15H20OSi/c1-17(2,3)12-9-14(16)15(10-11-15)13-7-5-4-6-8-13/h4-9,12H,10-11H2,1-3H3/b12-9+. The molecule has 0 unspecified atom stereocenters. The molecular formula is C15H20OSi. The van der Waals surface area contributed by atoms with Gasteiger partial charge in [0.2, 0.25) is 0 Å². The van der Waals surface area contributed by atoms with Crippen molar-refractivity contribution in [1.82, 2.24) is 0 Å². The zero-order valence-electron chi connectivity index (χ0n) is 10.9. The molecule has 1 aliphatic carbocycles. The minimum Gasteiger partial charge on any atom is -0.294 e. The van der Waals surface area contributed by atoms with E-state index in [1.54, 1.807) is 0 Å². The van der Waals surface area contributed by atoms with Gasteiger partial charge in [-0.1, -0.05) is 55.7 Å². The van der Waals surface area contributed by atoms with Crippen molar-refractivity contribution >= 4 is 13.9 Å². The third-order valence-electron chi connectivity index (χ3n) is 3.28. The summed E-state index contributed by atoms with van der Waals surface area (Å²) in [5, 5.41) is 0. The lowest BCUT2D eigenvalue weighted by Crippen LogP contribution is -2.21. The van der Waals surface area contributed by atoms with Crippen molar-refractivity contribution in [1.29, 1.82) is 0 Å². The number of benzene rings is 1. The van der Waals surface area contributed by atoms with E-state index in [9.17, 15) is 4.79 Å².